The van der Waals surface area contributed by atoms with Gasteiger partial charge in [-0.15, -0.1) is 0 Å². The van der Waals surface area contributed by atoms with Crippen molar-refractivity contribution in [2.45, 2.75) is 32.9 Å². The maximum Gasteiger partial charge on any atom is 0.0682 e. The first-order valence-electron chi connectivity index (χ1n) is 7.14. The summed E-state index contributed by atoms with van der Waals surface area (Å²) < 4.78 is 0. The first-order chi connectivity index (χ1) is 9.60. The van der Waals surface area contributed by atoms with E-state index in [4.69, 9.17) is 0 Å². The molecule has 2 aromatic rings. The minimum Gasteiger partial charge on any atom is -0.392 e. The number of hydrogen-bond donors (Lipinski definition) is 2. The largest absolute Gasteiger partial charge is 0.392 e. The van der Waals surface area contributed by atoms with E-state index in [0.717, 1.165) is 17.7 Å². The van der Waals surface area contributed by atoms with Crippen LogP contribution in [0.15, 0.2) is 48.5 Å². The Balaban J connectivity index is 1.92. The number of anilines is 1. The molecular formula is C18H21NO. The minimum absolute atomic E-state index is 0.0835. The standard InChI is InChI=1S/C18H21NO/c1-18(2)11-14-7-3-4-9-16(14)17(18)19-15-8-5-6-13(10-15)12-20/h3-10,17,19-20H,11-12H2,1-2H3. The smallest absolute Gasteiger partial charge is 0.0682 e. The molecule has 1 unspecified atom stereocenters. The van der Waals surface area contributed by atoms with Crippen molar-refractivity contribution in [1.29, 1.82) is 0 Å². The van der Waals surface area contributed by atoms with Gasteiger partial charge in [0.05, 0.1) is 12.6 Å². The normalized spacial score (nSPS) is 19.6. The zero-order valence-electron chi connectivity index (χ0n) is 12.1. The highest BCUT2D eigenvalue weighted by molar-refractivity contribution is 5.51. The van der Waals surface area contributed by atoms with E-state index < -0.39 is 0 Å². The van der Waals surface area contributed by atoms with Crippen LogP contribution in [0.5, 0.6) is 0 Å². The Morgan fingerprint density at radius 3 is 2.75 bits per heavy atom. The van der Waals surface area contributed by atoms with E-state index in [1.54, 1.807) is 0 Å². The second-order valence-electron chi connectivity index (χ2n) is 6.30. The van der Waals surface area contributed by atoms with Gasteiger partial charge in [-0.2, -0.15) is 0 Å². The van der Waals surface area contributed by atoms with Gasteiger partial charge in [-0.25, -0.2) is 0 Å². The molecule has 0 radical (unpaired) electrons. The van der Waals surface area contributed by atoms with Crippen molar-refractivity contribution in [3.8, 4) is 0 Å². The van der Waals surface area contributed by atoms with Crippen LogP contribution in [0, 0.1) is 5.41 Å². The van der Waals surface area contributed by atoms with Crippen molar-refractivity contribution in [3.63, 3.8) is 0 Å². The van der Waals surface area contributed by atoms with Gasteiger partial charge in [0.1, 0.15) is 0 Å². The van der Waals surface area contributed by atoms with Crippen molar-refractivity contribution in [2.75, 3.05) is 5.32 Å². The van der Waals surface area contributed by atoms with Crippen LogP contribution in [0.2, 0.25) is 0 Å². The van der Waals surface area contributed by atoms with Gasteiger partial charge >= 0.3 is 0 Å². The Morgan fingerprint density at radius 1 is 1.15 bits per heavy atom. The van der Waals surface area contributed by atoms with Crippen molar-refractivity contribution >= 4 is 5.69 Å². The SMILES string of the molecule is CC1(C)Cc2ccccc2C1Nc1cccc(CO)c1. The molecule has 1 aliphatic rings. The van der Waals surface area contributed by atoms with Crippen LogP contribution in [0.1, 0.15) is 36.6 Å². The van der Waals surface area contributed by atoms with Crippen LogP contribution in [0.25, 0.3) is 0 Å². The third-order valence-electron chi connectivity index (χ3n) is 4.21. The Hall–Kier alpha value is -1.80. The number of hydrogen-bond acceptors (Lipinski definition) is 2. The summed E-state index contributed by atoms with van der Waals surface area (Å²) in [5, 5.41) is 12.9. The van der Waals surface area contributed by atoms with Crippen LogP contribution >= 0.6 is 0 Å². The van der Waals surface area contributed by atoms with Gasteiger partial charge in [0, 0.05) is 5.69 Å². The predicted octanol–water partition coefficient (Wildman–Crippen LogP) is 3.91. The summed E-state index contributed by atoms with van der Waals surface area (Å²) in [6.45, 7) is 4.70. The number of benzene rings is 2. The lowest BCUT2D eigenvalue weighted by molar-refractivity contribution is 0.282. The molecule has 0 fully saturated rings. The van der Waals surface area contributed by atoms with E-state index in [0.29, 0.717) is 6.04 Å². The first kappa shape index (κ1) is 13.2. The van der Waals surface area contributed by atoms with Crippen LogP contribution in [-0.2, 0) is 13.0 Å². The van der Waals surface area contributed by atoms with Crippen LogP contribution in [0.3, 0.4) is 0 Å². The van der Waals surface area contributed by atoms with Crippen molar-refractivity contribution < 1.29 is 5.11 Å². The summed E-state index contributed by atoms with van der Waals surface area (Å²) in [7, 11) is 0. The summed E-state index contributed by atoms with van der Waals surface area (Å²) in [4.78, 5) is 0. The van der Waals surface area contributed by atoms with Gasteiger partial charge in [0.2, 0.25) is 0 Å². The Labute approximate surface area is 120 Å². The fourth-order valence-corrected chi connectivity index (χ4v) is 3.19. The first-order valence-corrected chi connectivity index (χ1v) is 7.14. The summed E-state index contributed by atoms with van der Waals surface area (Å²) >= 11 is 0. The molecule has 1 atom stereocenters. The minimum atomic E-state index is 0.0835. The summed E-state index contributed by atoms with van der Waals surface area (Å²) in [5.74, 6) is 0. The molecule has 0 aliphatic heterocycles. The molecule has 2 heteroatoms. The van der Waals surface area contributed by atoms with Gasteiger partial charge in [0.15, 0.2) is 0 Å². The molecular weight excluding hydrogens is 246 g/mol. The fraction of sp³-hybridized carbons (Fsp3) is 0.333. The molecule has 2 nitrogen and oxygen atoms in total. The molecule has 2 N–H and O–H groups in total. The van der Waals surface area contributed by atoms with Gasteiger partial charge in [-0.05, 0) is 40.7 Å². The Kier molecular flexibility index (Phi) is 3.27. The molecule has 0 saturated heterocycles. The lowest BCUT2D eigenvalue weighted by atomic mass is 9.85. The quantitative estimate of drug-likeness (QED) is 0.883. The Bertz CT molecular complexity index is 618. The Morgan fingerprint density at radius 2 is 1.95 bits per heavy atom. The summed E-state index contributed by atoms with van der Waals surface area (Å²) in [6.07, 6.45) is 1.10. The molecule has 2 aromatic carbocycles. The average Bonchev–Trinajstić information content (AvgIpc) is 2.70. The molecule has 0 aromatic heterocycles. The number of fused-ring (bicyclic) bond motifs is 1. The zero-order chi connectivity index (χ0) is 14.2. The molecule has 20 heavy (non-hydrogen) atoms. The molecule has 0 saturated carbocycles. The highest BCUT2D eigenvalue weighted by atomic mass is 16.3. The van der Waals surface area contributed by atoms with E-state index in [1.807, 2.05) is 18.2 Å². The molecule has 104 valence electrons. The van der Waals surface area contributed by atoms with Crippen LogP contribution in [-0.4, -0.2) is 5.11 Å². The predicted molar refractivity (Wildman–Crippen MR) is 82.7 cm³/mol. The van der Waals surface area contributed by atoms with E-state index in [-0.39, 0.29) is 12.0 Å². The van der Waals surface area contributed by atoms with Crippen LogP contribution in [0.4, 0.5) is 5.69 Å². The van der Waals surface area contributed by atoms with Crippen molar-refractivity contribution in [2.24, 2.45) is 5.41 Å². The number of aliphatic hydroxyl groups excluding tert-OH is 1. The third-order valence-corrected chi connectivity index (χ3v) is 4.21. The topological polar surface area (TPSA) is 32.3 Å². The average molecular weight is 267 g/mol. The van der Waals surface area contributed by atoms with Crippen molar-refractivity contribution in [3.05, 3.63) is 65.2 Å². The molecule has 0 amide bonds. The number of aliphatic hydroxyl groups is 1. The van der Waals surface area contributed by atoms with E-state index in [1.165, 1.54) is 11.1 Å². The van der Waals surface area contributed by atoms with Gasteiger partial charge in [0.25, 0.3) is 0 Å². The van der Waals surface area contributed by atoms with E-state index in [2.05, 4.69) is 49.5 Å². The lowest BCUT2D eigenvalue weighted by Gasteiger charge is -2.29. The molecule has 0 heterocycles. The molecule has 0 spiro atoms. The summed E-state index contributed by atoms with van der Waals surface area (Å²) in [6, 6.07) is 17.0. The molecule has 1 aliphatic carbocycles. The lowest BCUT2D eigenvalue weighted by Crippen LogP contribution is -2.24. The maximum atomic E-state index is 9.26. The zero-order valence-corrected chi connectivity index (χ0v) is 12.1. The highest BCUT2D eigenvalue weighted by Crippen LogP contribution is 2.46. The second kappa shape index (κ2) is 4.95. The van der Waals surface area contributed by atoms with Gasteiger partial charge < -0.3 is 10.4 Å². The second-order valence-corrected chi connectivity index (χ2v) is 6.30. The maximum absolute atomic E-state index is 9.26. The van der Waals surface area contributed by atoms with Crippen LogP contribution < -0.4 is 5.32 Å². The third kappa shape index (κ3) is 2.32. The van der Waals surface area contributed by atoms with Gasteiger partial charge in [-0.1, -0.05) is 50.2 Å². The monoisotopic (exact) mass is 267 g/mol. The highest BCUT2D eigenvalue weighted by Gasteiger charge is 2.38. The van der Waals surface area contributed by atoms with E-state index >= 15 is 0 Å². The molecule has 0 bridgehead atoms. The van der Waals surface area contributed by atoms with Crippen molar-refractivity contribution in [1.82, 2.24) is 0 Å². The summed E-state index contributed by atoms with van der Waals surface area (Å²) in [5.41, 5.74) is 5.05. The fourth-order valence-electron chi connectivity index (χ4n) is 3.19. The number of nitrogens with one attached hydrogen (secondary N) is 1. The molecule has 3 rings (SSSR count). The number of rotatable bonds is 3. The van der Waals surface area contributed by atoms with E-state index in [9.17, 15) is 5.11 Å². The van der Waals surface area contributed by atoms with Gasteiger partial charge in [-0.3, -0.25) is 0 Å².